The quantitative estimate of drug-likeness (QED) is 0.479. The number of benzene rings is 1. The molecular weight excluding hydrogens is 386 g/mol. The van der Waals surface area contributed by atoms with Gasteiger partial charge in [-0.15, -0.1) is 0 Å². The second-order valence-electron chi connectivity index (χ2n) is 9.03. The van der Waals surface area contributed by atoms with Gasteiger partial charge in [-0.25, -0.2) is 4.79 Å². The summed E-state index contributed by atoms with van der Waals surface area (Å²) in [5, 5.41) is 11.2. The Labute approximate surface area is 192 Å². The highest BCUT2D eigenvalue weighted by Gasteiger charge is 2.56. The number of epoxide rings is 1. The molecular formula is C27H47NO3. The van der Waals surface area contributed by atoms with Crippen molar-refractivity contribution in [2.24, 2.45) is 17.8 Å². The minimum atomic E-state index is -1.02. The topological polar surface area (TPSA) is 61.9 Å². The lowest BCUT2D eigenvalue weighted by molar-refractivity contribution is 0.113. The molecule has 5 atom stereocenters. The van der Waals surface area contributed by atoms with E-state index >= 15 is 0 Å². The Morgan fingerprint density at radius 3 is 2.39 bits per heavy atom. The maximum atomic E-state index is 10.7. The van der Waals surface area contributed by atoms with E-state index in [0.717, 1.165) is 34.5 Å². The summed E-state index contributed by atoms with van der Waals surface area (Å²) < 4.78 is 5.57. The molecule has 2 N–H and O–H groups in total. The molecule has 1 aromatic rings. The summed E-state index contributed by atoms with van der Waals surface area (Å²) >= 11 is 0. The molecule has 0 aromatic heterocycles. The van der Waals surface area contributed by atoms with E-state index in [1.165, 1.54) is 25.7 Å². The Morgan fingerprint density at radius 2 is 1.84 bits per heavy atom. The summed E-state index contributed by atoms with van der Waals surface area (Å²) in [6.45, 7) is 19.9. The standard InChI is InChI=1S/C13H17NO2.C10H16O.2C2H6.H2/c1-9(2)10-6-5-7-11(8-10)13(3,4)14-12(15)16;1-6-3-2-4-7-8(6)5-9-10(7)11-9;2*1-2;/h5-8,14H,1H2,2-4H3,(H,15,16);6-10H,2-5H2,1H3;2*1-2H3;1H. The Bertz CT molecular complexity index is 719. The largest absolute Gasteiger partial charge is 0.465 e. The zero-order chi connectivity index (χ0) is 23.8. The molecule has 0 spiro atoms. The fraction of sp³-hybridized carbons (Fsp3) is 0.667. The molecule has 1 heterocycles. The SMILES string of the molecule is C=C(C)c1cccc(C(C)(C)NC(=O)O)c1.CC.CC.CC1CCCC2C1CC1OC12.[HH]. The highest BCUT2D eigenvalue weighted by atomic mass is 16.6. The van der Waals surface area contributed by atoms with Crippen molar-refractivity contribution in [3.05, 3.63) is 42.0 Å². The average Bonchev–Trinajstić information content (AvgIpc) is 3.43. The zero-order valence-corrected chi connectivity index (χ0v) is 21.0. The van der Waals surface area contributed by atoms with Crippen LogP contribution in [0.15, 0.2) is 30.8 Å². The Balaban J connectivity index is 0.000000523. The van der Waals surface area contributed by atoms with E-state index in [9.17, 15) is 4.79 Å². The van der Waals surface area contributed by atoms with Gasteiger partial charge in [0.1, 0.15) is 0 Å². The van der Waals surface area contributed by atoms with E-state index in [-0.39, 0.29) is 1.43 Å². The van der Waals surface area contributed by atoms with Crippen molar-refractivity contribution in [1.82, 2.24) is 5.32 Å². The van der Waals surface area contributed by atoms with E-state index in [4.69, 9.17) is 9.84 Å². The van der Waals surface area contributed by atoms with Crippen LogP contribution in [0.25, 0.3) is 5.57 Å². The normalized spacial score (nSPS) is 27.4. The molecule has 31 heavy (non-hydrogen) atoms. The van der Waals surface area contributed by atoms with Gasteiger partial charge in [0, 0.05) is 1.43 Å². The molecule has 1 aliphatic heterocycles. The fourth-order valence-electron chi connectivity index (χ4n) is 4.84. The number of ether oxygens (including phenoxy) is 1. The van der Waals surface area contributed by atoms with Gasteiger partial charge >= 0.3 is 6.09 Å². The van der Waals surface area contributed by atoms with Crippen LogP contribution in [0.5, 0.6) is 0 Å². The minimum Gasteiger partial charge on any atom is -0.465 e. The third kappa shape index (κ3) is 7.38. The summed E-state index contributed by atoms with van der Waals surface area (Å²) in [6, 6.07) is 7.73. The number of carboxylic acid groups (broad SMARTS) is 1. The van der Waals surface area contributed by atoms with Crippen molar-refractivity contribution < 1.29 is 16.1 Å². The predicted molar refractivity (Wildman–Crippen MR) is 133 cm³/mol. The van der Waals surface area contributed by atoms with Crippen LogP contribution in [-0.4, -0.2) is 23.4 Å². The van der Waals surface area contributed by atoms with Gasteiger partial charge < -0.3 is 15.2 Å². The maximum Gasteiger partial charge on any atom is 0.405 e. The molecule has 2 aliphatic carbocycles. The van der Waals surface area contributed by atoms with Crippen molar-refractivity contribution in [2.45, 2.75) is 98.8 Å². The van der Waals surface area contributed by atoms with Crippen LogP contribution < -0.4 is 5.32 Å². The van der Waals surface area contributed by atoms with Gasteiger partial charge in [0.25, 0.3) is 0 Å². The number of hydrogen-bond acceptors (Lipinski definition) is 2. The third-order valence-corrected chi connectivity index (χ3v) is 6.52. The van der Waals surface area contributed by atoms with Crippen LogP contribution >= 0.6 is 0 Å². The van der Waals surface area contributed by atoms with Crippen LogP contribution in [0.3, 0.4) is 0 Å². The smallest absolute Gasteiger partial charge is 0.405 e. The number of carbonyl (C=O) groups is 1. The Hall–Kier alpha value is -1.81. The summed E-state index contributed by atoms with van der Waals surface area (Å²) in [5.74, 6) is 2.99. The first-order valence-corrected chi connectivity index (χ1v) is 12.1. The van der Waals surface area contributed by atoms with Gasteiger partial charge in [0.15, 0.2) is 0 Å². The van der Waals surface area contributed by atoms with Crippen LogP contribution in [0.1, 0.15) is 93.6 Å². The summed E-state index contributed by atoms with van der Waals surface area (Å²) in [5.41, 5.74) is 2.32. The lowest BCUT2D eigenvalue weighted by Crippen LogP contribution is -2.40. The third-order valence-electron chi connectivity index (χ3n) is 6.52. The molecule has 4 heteroatoms. The first-order valence-electron chi connectivity index (χ1n) is 12.1. The van der Waals surface area contributed by atoms with Gasteiger partial charge in [0.05, 0.1) is 17.7 Å². The van der Waals surface area contributed by atoms with Crippen LogP contribution in [-0.2, 0) is 10.3 Å². The Kier molecular flexibility index (Phi) is 10.8. The van der Waals surface area contributed by atoms with E-state index < -0.39 is 11.6 Å². The van der Waals surface area contributed by atoms with Gasteiger partial charge in [-0.2, -0.15) is 0 Å². The minimum absolute atomic E-state index is 0. The molecule has 3 aliphatic rings. The van der Waals surface area contributed by atoms with Crippen LogP contribution in [0, 0.1) is 17.8 Å². The second-order valence-corrected chi connectivity index (χ2v) is 9.03. The van der Waals surface area contributed by atoms with E-state index in [2.05, 4.69) is 18.8 Å². The van der Waals surface area contributed by atoms with Gasteiger partial charge in [-0.3, -0.25) is 0 Å². The molecule has 1 aromatic carbocycles. The van der Waals surface area contributed by atoms with E-state index in [0.29, 0.717) is 12.2 Å². The van der Waals surface area contributed by atoms with Crippen molar-refractivity contribution in [3.8, 4) is 0 Å². The zero-order valence-electron chi connectivity index (χ0n) is 21.0. The average molecular weight is 434 g/mol. The van der Waals surface area contributed by atoms with Gasteiger partial charge in [-0.05, 0) is 68.6 Å². The van der Waals surface area contributed by atoms with Crippen molar-refractivity contribution >= 4 is 11.7 Å². The monoisotopic (exact) mass is 433 g/mol. The number of rotatable bonds is 3. The van der Waals surface area contributed by atoms with Crippen LogP contribution in [0.2, 0.25) is 0 Å². The van der Waals surface area contributed by atoms with Gasteiger partial charge in [0.2, 0.25) is 0 Å². The van der Waals surface area contributed by atoms with Crippen molar-refractivity contribution in [1.29, 1.82) is 0 Å². The van der Waals surface area contributed by atoms with Crippen molar-refractivity contribution in [2.75, 3.05) is 0 Å². The lowest BCUT2D eigenvalue weighted by atomic mass is 9.74. The molecule has 2 saturated carbocycles. The highest BCUT2D eigenvalue weighted by Crippen LogP contribution is 2.54. The number of amides is 1. The number of fused-ring (bicyclic) bond motifs is 3. The van der Waals surface area contributed by atoms with Gasteiger partial charge in [-0.1, -0.05) is 77.8 Å². The van der Waals surface area contributed by atoms with E-state index in [1.807, 2.05) is 72.7 Å². The predicted octanol–water partition coefficient (Wildman–Crippen LogP) is 7.73. The number of hydrogen-bond donors (Lipinski definition) is 2. The second kappa shape index (κ2) is 12.3. The fourth-order valence-corrected chi connectivity index (χ4v) is 4.84. The molecule has 0 radical (unpaired) electrons. The highest BCUT2D eigenvalue weighted by molar-refractivity contribution is 5.67. The molecule has 3 fully saturated rings. The molecule has 178 valence electrons. The lowest BCUT2D eigenvalue weighted by Gasteiger charge is -2.32. The maximum absolute atomic E-state index is 10.7. The summed E-state index contributed by atoms with van der Waals surface area (Å²) in [4.78, 5) is 10.7. The first-order chi connectivity index (χ1) is 14.7. The molecule has 0 bridgehead atoms. The Morgan fingerprint density at radius 1 is 1.19 bits per heavy atom. The molecule has 1 saturated heterocycles. The molecule has 5 unspecified atom stereocenters. The van der Waals surface area contributed by atoms with Crippen LogP contribution in [0.4, 0.5) is 4.79 Å². The van der Waals surface area contributed by atoms with E-state index in [1.54, 1.807) is 0 Å². The summed E-state index contributed by atoms with van der Waals surface area (Å²) in [6.07, 6.45) is 6.15. The molecule has 1 amide bonds. The first kappa shape index (κ1) is 27.2. The number of nitrogens with one attached hydrogen (secondary N) is 1. The van der Waals surface area contributed by atoms with Crippen molar-refractivity contribution in [3.63, 3.8) is 0 Å². The summed E-state index contributed by atoms with van der Waals surface area (Å²) in [7, 11) is 0. The number of allylic oxidation sites excluding steroid dienone is 1. The molecule has 4 rings (SSSR count). The molecule has 4 nitrogen and oxygen atoms in total.